The van der Waals surface area contributed by atoms with Crippen molar-refractivity contribution < 1.29 is 9.90 Å². The number of amides is 1. The lowest BCUT2D eigenvalue weighted by atomic mass is 9.83. The number of nitrogens with zero attached hydrogens (tertiary/aromatic N) is 6. The molecule has 0 bridgehead atoms. The summed E-state index contributed by atoms with van der Waals surface area (Å²) >= 11 is 0. The SMILES string of the molecule is CN1Cc2cc(Nc3nccc(-c4cc(C#N)c5c(c4)C(C)(CO)CN5)n3)nn2CC1=O. The fraction of sp³-hybridized carbons (Fsp3) is 0.318. The second-order valence-corrected chi connectivity index (χ2v) is 8.45. The smallest absolute Gasteiger partial charge is 0.244 e. The summed E-state index contributed by atoms with van der Waals surface area (Å²) in [6.07, 6.45) is 1.64. The van der Waals surface area contributed by atoms with Gasteiger partial charge in [0.25, 0.3) is 0 Å². The molecule has 10 nitrogen and oxygen atoms in total. The van der Waals surface area contributed by atoms with Crippen LogP contribution in [0.4, 0.5) is 17.5 Å². The van der Waals surface area contributed by atoms with Gasteiger partial charge in [-0.2, -0.15) is 10.4 Å². The van der Waals surface area contributed by atoms with Crippen LogP contribution in [-0.2, 0) is 23.3 Å². The summed E-state index contributed by atoms with van der Waals surface area (Å²) in [6.45, 7) is 3.21. The fourth-order valence-electron chi connectivity index (χ4n) is 4.12. The molecule has 10 heteroatoms. The van der Waals surface area contributed by atoms with Gasteiger partial charge in [-0.15, -0.1) is 0 Å². The number of rotatable bonds is 4. The van der Waals surface area contributed by atoms with Crippen LogP contribution >= 0.6 is 0 Å². The van der Waals surface area contributed by atoms with Crippen molar-refractivity contribution in [3.05, 3.63) is 47.3 Å². The van der Waals surface area contributed by atoms with Gasteiger partial charge in [0.1, 0.15) is 12.6 Å². The third kappa shape index (κ3) is 3.23. The number of carbonyl (C=O) groups is 1. The maximum Gasteiger partial charge on any atom is 0.244 e. The summed E-state index contributed by atoms with van der Waals surface area (Å²) in [5.41, 5.74) is 4.06. The van der Waals surface area contributed by atoms with Crippen molar-refractivity contribution >= 4 is 23.4 Å². The van der Waals surface area contributed by atoms with Crippen molar-refractivity contribution in [1.29, 1.82) is 5.26 Å². The van der Waals surface area contributed by atoms with Gasteiger partial charge in [0, 0.05) is 36.8 Å². The van der Waals surface area contributed by atoms with E-state index in [9.17, 15) is 15.2 Å². The maximum atomic E-state index is 11.9. The van der Waals surface area contributed by atoms with Crippen LogP contribution in [0.2, 0.25) is 0 Å². The van der Waals surface area contributed by atoms with Crippen molar-refractivity contribution in [2.45, 2.75) is 25.4 Å². The second-order valence-electron chi connectivity index (χ2n) is 8.45. The standard InChI is InChI=1S/C22H22N8O2/c1-22(12-31)11-25-20-14(8-23)5-13(6-16(20)22)17-3-4-24-21(26-17)27-18-7-15-9-29(2)19(32)10-30(15)28-18/h3-7,25,31H,9-12H2,1-2H3,(H,24,26,27,28). The number of likely N-dealkylation sites (N-methyl/N-ethyl adjacent to an activating group) is 1. The summed E-state index contributed by atoms with van der Waals surface area (Å²) < 4.78 is 1.68. The Hall–Kier alpha value is -3.97. The van der Waals surface area contributed by atoms with Crippen molar-refractivity contribution in [2.75, 3.05) is 30.8 Å². The number of aromatic nitrogens is 4. The molecule has 3 aromatic rings. The largest absolute Gasteiger partial charge is 0.395 e. The minimum Gasteiger partial charge on any atom is -0.395 e. The quantitative estimate of drug-likeness (QED) is 0.569. The van der Waals surface area contributed by atoms with Crippen LogP contribution in [0, 0.1) is 11.3 Å². The van der Waals surface area contributed by atoms with Crippen LogP contribution in [0.1, 0.15) is 23.7 Å². The second kappa shape index (κ2) is 7.32. The van der Waals surface area contributed by atoms with Gasteiger partial charge in [-0.05, 0) is 23.8 Å². The Morgan fingerprint density at radius 3 is 2.97 bits per heavy atom. The van der Waals surface area contributed by atoms with E-state index in [1.54, 1.807) is 35.0 Å². The first-order valence-corrected chi connectivity index (χ1v) is 10.2. The molecule has 0 spiro atoms. The third-order valence-corrected chi connectivity index (χ3v) is 6.08. The molecule has 5 rings (SSSR count). The summed E-state index contributed by atoms with van der Waals surface area (Å²) in [4.78, 5) is 22.5. The molecule has 1 atom stereocenters. The van der Waals surface area contributed by atoms with E-state index < -0.39 is 5.41 Å². The van der Waals surface area contributed by atoms with Gasteiger partial charge >= 0.3 is 0 Å². The molecule has 0 fully saturated rings. The molecule has 1 amide bonds. The summed E-state index contributed by atoms with van der Waals surface area (Å²) in [7, 11) is 1.77. The molecular weight excluding hydrogens is 408 g/mol. The van der Waals surface area contributed by atoms with Gasteiger partial charge in [0.15, 0.2) is 5.82 Å². The normalized spacial score (nSPS) is 19.2. The van der Waals surface area contributed by atoms with Gasteiger partial charge < -0.3 is 20.6 Å². The van der Waals surface area contributed by atoms with E-state index in [2.05, 4.69) is 31.8 Å². The van der Waals surface area contributed by atoms with E-state index in [1.165, 1.54) is 0 Å². The number of hydrogen-bond donors (Lipinski definition) is 3. The molecule has 0 aliphatic carbocycles. The molecule has 2 aliphatic heterocycles. The molecule has 3 N–H and O–H groups in total. The van der Waals surface area contributed by atoms with Crippen LogP contribution in [0.3, 0.4) is 0 Å². The van der Waals surface area contributed by atoms with Gasteiger partial charge in [0.05, 0.1) is 35.8 Å². The average molecular weight is 430 g/mol. The summed E-state index contributed by atoms with van der Waals surface area (Å²) in [6, 6.07) is 9.65. The number of aliphatic hydroxyl groups is 1. The Morgan fingerprint density at radius 2 is 2.19 bits per heavy atom. The first-order chi connectivity index (χ1) is 15.4. The molecule has 1 aromatic carbocycles. The zero-order valence-corrected chi connectivity index (χ0v) is 17.8. The van der Waals surface area contributed by atoms with Crippen LogP contribution in [0.15, 0.2) is 30.5 Å². The van der Waals surface area contributed by atoms with Crippen LogP contribution < -0.4 is 10.6 Å². The van der Waals surface area contributed by atoms with Crippen molar-refractivity contribution in [3.63, 3.8) is 0 Å². The van der Waals surface area contributed by atoms with Crippen molar-refractivity contribution in [2.24, 2.45) is 0 Å². The van der Waals surface area contributed by atoms with E-state index in [1.807, 2.05) is 19.1 Å². The molecule has 0 saturated carbocycles. The highest BCUT2D eigenvalue weighted by molar-refractivity contribution is 5.77. The average Bonchev–Trinajstić information content (AvgIpc) is 3.34. The van der Waals surface area contributed by atoms with E-state index in [0.29, 0.717) is 36.1 Å². The molecule has 32 heavy (non-hydrogen) atoms. The number of fused-ring (bicyclic) bond motifs is 2. The maximum absolute atomic E-state index is 11.9. The number of nitriles is 1. The van der Waals surface area contributed by atoms with E-state index in [4.69, 9.17) is 0 Å². The van der Waals surface area contributed by atoms with Gasteiger partial charge in [-0.3, -0.25) is 9.48 Å². The molecular formula is C22H22N8O2. The minimum atomic E-state index is -0.467. The third-order valence-electron chi connectivity index (χ3n) is 6.08. The zero-order valence-electron chi connectivity index (χ0n) is 17.8. The number of aliphatic hydroxyl groups excluding tert-OH is 1. The first-order valence-electron chi connectivity index (χ1n) is 10.2. The predicted molar refractivity (Wildman–Crippen MR) is 117 cm³/mol. The Labute approximate surface area is 184 Å². The number of benzene rings is 1. The molecule has 0 radical (unpaired) electrons. The lowest BCUT2D eigenvalue weighted by molar-refractivity contribution is -0.132. The molecule has 2 aliphatic rings. The topological polar surface area (TPSA) is 132 Å². The Bertz CT molecular complexity index is 1280. The van der Waals surface area contributed by atoms with Crippen molar-refractivity contribution in [3.8, 4) is 17.3 Å². The van der Waals surface area contributed by atoms with Gasteiger partial charge in [0.2, 0.25) is 11.9 Å². The van der Waals surface area contributed by atoms with E-state index >= 15 is 0 Å². The lowest BCUT2D eigenvalue weighted by Crippen LogP contribution is -2.36. The van der Waals surface area contributed by atoms with Crippen LogP contribution in [0.25, 0.3) is 11.3 Å². The number of hydrogen-bond acceptors (Lipinski definition) is 8. The molecule has 162 valence electrons. The van der Waals surface area contributed by atoms with Gasteiger partial charge in [-0.25, -0.2) is 9.97 Å². The predicted octanol–water partition coefficient (Wildman–Crippen LogP) is 1.60. The minimum absolute atomic E-state index is 0.0136. The highest BCUT2D eigenvalue weighted by atomic mass is 16.3. The molecule has 0 saturated heterocycles. The van der Waals surface area contributed by atoms with Crippen LogP contribution in [-0.4, -0.2) is 55.9 Å². The Kier molecular flexibility index (Phi) is 4.56. The number of nitrogens with one attached hydrogen (secondary N) is 2. The van der Waals surface area contributed by atoms with Crippen molar-refractivity contribution in [1.82, 2.24) is 24.6 Å². The van der Waals surface area contributed by atoms with Crippen LogP contribution in [0.5, 0.6) is 0 Å². The fourth-order valence-corrected chi connectivity index (χ4v) is 4.12. The zero-order chi connectivity index (χ0) is 22.5. The first kappa shape index (κ1) is 20.0. The Balaban J connectivity index is 1.47. The monoisotopic (exact) mass is 430 g/mol. The van der Waals surface area contributed by atoms with E-state index in [-0.39, 0.29) is 19.1 Å². The lowest BCUT2D eigenvalue weighted by Gasteiger charge is -2.22. The number of anilines is 3. The number of carbonyl (C=O) groups excluding carboxylic acids is 1. The van der Waals surface area contributed by atoms with E-state index in [0.717, 1.165) is 22.5 Å². The molecule has 4 heterocycles. The molecule has 1 unspecified atom stereocenters. The molecule has 2 aromatic heterocycles. The summed E-state index contributed by atoms with van der Waals surface area (Å²) in [5, 5.41) is 30.4. The highest BCUT2D eigenvalue weighted by Gasteiger charge is 2.36. The summed E-state index contributed by atoms with van der Waals surface area (Å²) in [5.74, 6) is 0.934. The Morgan fingerprint density at radius 1 is 1.34 bits per heavy atom. The van der Waals surface area contributed by atoms with Gasteiger partial charge in [-0.1, -0.05) is 6.92 Å². The highest BCUT2D eigenvalue weighted by Crippen LogP contribution is 2.41.